The largest absolute Gasteiger partial charge is 0.377 e. The molecule has 0 radical (unpaired) electrons. The molecule has 2 aromatic heterocycles. The fourth-order valence-corrected chi connectivity index (χ4v) is 1.96. The number of nitrogens with zero attached hydrogens (tertiary/aromatic N) is 4. The average Bonchev–Trinajstić information content (AvgIpc) is 3.13. The van der Waals surface area contributed by atoms with Crippen molar-refractivity contribution in [3.63, 3.8) is 0 Å². The maximum Gasteiger partial charge on any atom is 0.280 e. The molecule has 0 spiro atoms. The first-order valence-corrected chi connectivity index (χ1v) is 6.94. The molecule has 2 heterocycles. The Kier molecular flexibility index (Phi) is 5.43. The molecular formula is C13H21N5O3. The molecule has 116 valence electrons. The summed E-state index contributed by atoms with van der Waals surface area (Å²) in [5.41, 5.74) is 6.58. The minimum absolute atomic E-state index is 0.297. The molecule has 0 fully saturated rings. The van der Waals surface area contributed by atoms with E-state index >= 15 is 0 Å². The van der Waals surface area contributed by atoms with Gasteiger partial charge in [-0.15, -0.1) is 0 Å². The topological polar surface area (TPSA) is 103 Å². The van der Waals surface area contributed by atoms with Crippen LogP contribution in [0.25, 0.3) is 11.6 Å². The SMILES string of the molecule is CCN(CC)CC(N)c1noc(-c2cc(COC)on2)n1. The van der Waals surface area contributed by atoms with Gasteiger partial charge in [-0.25, -0.2) is 0 Å². The average molecular weight is 295 g/mol. The van der Waals surface area contributed by atoms with Crippen LogP contribution in [-0.2, 0) is 11.3 Å². The second-order valence-electron chi connectivity index (χ2n) is 4.66. The smallest absolute Gasteiger partial charge is 0.280 e. The Bertz CT molecular complexity index is 550. The van der Waals surface area contributed by atoms with Crippen LogP contribution in [0.1, 0.15) is 31.5 Å². The van der Waals surface area contributed by atoms with Crippen molar-refractivity contribution in [1.29, 1.82) is 0 Å². The number of nitrogens with two attached hydrogens (primary N) is 1. The summed E-state index contributed by atoms with van der Waals surface area (Å²) in [6, 6.07) is 1.41. The van der Waals surface area contributed by atoms with Crippen LogP contribution < -0.4 is 5.73 Å². The van der Waals surface area contributed by atoms with E-state index in [4.69, 9.17) is 19.5 Å². The summed E-state index contributed by atoms with van der Waals surface area (Å²) in [5, 5.41) is 7.79. The van der Waals surface area contributed by atoms with Gasteiger partial charge < -0.3 is 24.4 Å². The Hall–Kier alpha value is -1.77. The molecule has 2 rings (SSSR count). The molecule has 0 aromatic carbocycles. The molecule has 0 aliphatic carbocycles. The number of hydrogen-bond donors (Lipinski definition) is 1. The van der Waals surface area contributed by atoms with E-state index in [-0.39, 0.29) is 6.04 Å². The number of likely N-dealkylation sites (N-methyl/N-ethyl adjacent to an activating group) is 1. The molecule has 21 heavy (non-hydrogen) atoms. The van der Waals surface area contributed by atoms with Crippen molar-refractivity contribution in [2.45, 2.75) is 26.5 Å². The minimum atomic E-state index is -0.298. The van der Waals surface area contributed by atoms with Gasteiger partial charge in [-0.05, 0) is 13.1 Å². The van der Waals surface area contributed by atoms with E-state index in [0.717, 1.165) is 13.1 Å². The standard InChI is InChI=1S/C13H21N5O3/c1-4-18(5-2)7-10(14)12-15-13(21-17-12)11-6-9(8-19-3)20-16-11/h6,10H,4-5,7-8,14H2,1-3H3. The second-order valence-corrected chi connectivity index (χ2v) is 4.66. The van der Waals surface area contributed by atoms with Gasteiger partial charge in [0.15, 0.2) is 17.3 Å². The summed E-state index contributed by atoms with van der Waals surface area (Å²) in [6.07, 6.45) is 0. The van der Waals surface area contributed by atoms with Crippen molar-refractivity contribution in [3.8, 4) is 11.6 Å². The predicted molar refractivity (Wildman–Crippen MR) is 75.2 cm³/mol. The van der Waals surface area contributed by atoms with Gasteiger partial charge in [-0.2, -0.15) is 4.98 Å². The van der Waals surface area contributed by atoms with Crippen LogP contribution in [0, 0.1) is 0 Å². The van der Waals surface area contributed by atoms with Crippen LogP contribution >= 0.6 is 0 Å². The van der Waals surface area contributed by atoms with Gasteiger partial charge in [0.05, 0.1) is 6.04 Å². The van der Waals surface area contributed by atoms with E-state index in [9.17, 15) is 0 Å². The first kappa shape index (κ1) is 15.6. The normalized spacial score (nSPS) is 13.0. The lowest BCUT2D eigenvalue weighted by molar-refractivity contribution is 0.156. The van der Waals surface area contributed by atoms with E-state index in [1.54, 1.807) is 13.2 Å². The molecule has 0 saturated carbocycles. The second kappa shape index (κ2) is 7.30. The number of aromatic nitrogens is 3. The molecule has 0 aliphatic rings. The molecule has 0 bridgehead atoms. The van der Waals surface area contributed by atoms with Crippen LogP contribution in [-0.4, -0.2) is 46.9 Å². The van der Waals surface area contributed by atoms with Crippen molar-refractivity contribution in [3.05, 3.63) is 17.7 Å². The Morgan fingerprint density at radius 3 is 2.71 bits per heavy atom. The molecule has 1 unspecified atom stereocenters. The molecule has 0 aliphatic heterocycles. The Morgan fingerprint density at radius 1 is 1.29 bits per heavy atom. The zero-order chi connectivity index (χ0) is 15.2. The highest BCUT2D eigenvalue weighted by atomic mass is 16.5. The van der Waals surface area contributed by atoms with Gasteiger partial charge in [0.1, 0.15) is 6.61 Å². The monoisotopic (exact) mass is 295 g/mol. The highest BCUT2D eigenvalue weighted by Crippen LogP contribution is 2.19. The van der Waals surface area contributed by atoms with Gasteiger partial charge in [-0.1, -0.05) is 24.2 Å². The summed E-state index contributed by atoms with van der Waals surface area (Å²) in [4.78, 5) is 6.48. The summed E-state index contributed by atoms with van der Waals surface area (Å²) in [5.74, 6) is 1.36. The maximum absolute atomic E-state index is 6.10. The molecule has 2 aromatic rings. The van der Waals surface area contributed by atoms with Crippen molar-refractivity contribution < 1.29 is 13.8 Å². The first-order valence-electron chi connectivity index (χ1n) is 6.94. The van der Waals surface area contributed by atoms with Crippen molar-refractivity contribution in [1.82, 2.24) is 20.2 Å². The highest BCUT2D eigenvalue weighted by molar-refractivity contribution is 5.45. The van der Waals surface area contributed by atoms with E-state index in [0.29, 0.717) is 36.3 Å². The fraction of sp³-hybridized carbons (Fsp3) is 0.615. The first-order chi connectivity index (χ1) is 10.2. The third-order valence-electron chi connectivity index (χ3n) is 3.19. The Morgan fingerprint density at radius 2 is 2.05 bits per heavy atom. The molecule has 0 amide bonds. The molecule has 8 heteroatoms. The van der Waals surface area contributed by atoms with Gasteiger partial charge in [-0.3, -0.25) is 0 Å². The number of rotatable bonds is 8. The minimum Gasteiger partial charge on any atom is -0.377 e. The predicted octanol–water partition coefficient (Wildman–Crippen LogP) is 1.21. The Balaban J connectivity index is 2.06. The van der Waals surface area contributed by atoms with E-state index < -0.39 is 0 Å². The molecule has 8 nitrogen and oxygen atoms in total. The van der Waals surface area contributed by atoms with Crippen LogP contribution in [0.3, 0.4) is 0 Å². The molecular weight excluding hydrogens is 274 g/mol. The van der Waals surface area contributed by atoms with Crippen LogP contribution in [0.4, 0.5) is 0 Å². The van der Waals surface area contributed by atoms with Gasteiger partial charge in [0.25, 0.3) is 5.89 Å². The van der Waals surface area contributed by atoms with Gasteiger partial charge in [0.2, 0.25) is 0 Å². The third kappa shape index (κ3) is 3.87. The van der Waals surface area contributed by atoms with Crippen LogP contribution in [0.5, 0.6) is 0 Å². The zero-order valence-electron chi connectivity index (χ0n) is 12.6. The highest BCUT2D eigenvalue weighted by Gasteiger charge is 2.19. The van der Waals surface area contributed by atoms with E-state index in [1.165, 1.54) is 0 Å². The molecule has 2 N–H and O–H groups in total. The lowest BCUT2D eigenvalue weighted by Gasteiger charge is -2.20. The molecule has 1 atom stereocenters. The number of ether oxygens (including phenoxy) is 1. The summed E-state index contributed by atoms with van der Waals surface area (Å²) < 4.78 is 15.2. The summed E-state index contributed by atoms with van der Waals surface area (Å²) in [6.45, 7) is 7.06. The fourth-order valence-electron chi connectivity index (χ4n) is 1.96. The van der Waals surface area contributed by atoms with E-state index in [1.807, 2.05) is 0 Å². The van der Waals surface area contributed by atoms with Gasteiger partial charge >= 0.3 is 0 Å². The quantitative estimate of drug-likeness (QED) is 0.775. The lowest BCUT2D eigenvalue weighted by atomic mass is 10.2. The Labute approximate surface area is 123 Å². The van der Waals surface area contributed by atoms with Crippen molar-refractivity contribution in [2.24, 2.45) is 5.73 Å². The maximum atomic E-state index is 6.10. The third-order valence-corrected chi connectivity index (χ3v) is 3.19. The van der Waals surface area contributed by atoms with Crippen LogP contribution in [0.15, 0.2) is 15.1 Å². The lowest BCUT2D eigenvalue weighted by Crippen LogP contribution is -2.32. The molecule has 0 saturated heterocycles. The summed E-state index contributed by atoms with van der Waals surface area (Å²) in [7, 11) is 1.58. The zero-order valence-corrected chi connectivity index (χ0v) is 12.6. The van der Waals surface area contributed by atoms with Crippen LogP contribution in [0.2, 0.25) is 0 Å². The van der Waals surface area contributed by atoms with Crippen molar-refractivity contribution >= 4 is 0 Å². The van der Waals surface area contributed by atoms with E-state index in [2.05, 4.69) is 34.0 Å². The number of methoxy groups -OCH3 is 1. The summed E-state index contributed by atoms with van der Waals surface area (Å²) >= 11 is 0. The van der Waals surface area contributed by atoms with Crippen molar-refractivity contribution in [2.75, 3.05) is 26.7 Å². The number of hydrogen-bond acceptors (Lipinski definition) is 8. The van der Waals surface area contributed by atoms with Gasteiger partial charge in [0, 0.05) is 19.7 Å².